The first-order chi connectivity index (χ1) is 20.2. The summed E-state index contributed by atoms with van der Waals surface area (Å²) >= 11 is 0. The molecule has 1 N–H and O–H groups in total. The molecule has 0 heterocycles. The first kappa shape index (κ1) is 27.4. The van der Waals surface area contributed by atoms with Crippen molar-refractivity contribution in [3.63, 3.8) is 0 Å². The summed E-state index contributed by atoms with van der Waals surface area (Å²) in [6, 6.07) is 22.4. The fourth-order valence-corrected chi connectivity index (χ4v) is 5.76. The average molecular weight is 580 g/mol. The van der Waals surface area contributed by atoms with Crippen molar-refractivity contribution in [3.8, 4) is 16.9 Å². The molecule has 0 aliphatic heterocycles. The van der Waals surface area contributed by atoms with E-state index in [1.807, 2.05) is 54.6 Å². The zero-order valence-corrected chi connectivity index (χ0v) is 21.9. The molecule has 0 radical (unpaired) electrons. The Balaban J connectivity index is 1.27. The molecule has 1 amide bonds. The number of amides is 1. The van der Waals surface area contributed by atoms with Crippen LogP contribution in [0, 0.1) is 29.1 Å². The fraction of sp³-hybridized carbons (Fsp3) is 0.188. The SMILES string of the molecule is O=C(NC1(C(=O)Oc2c(F)c(F)c(F)c(F)c2F)CCc2ccccc2C1)OCC1c2ccccc2-c2ccccc21. The van der Waals surface area contributed by atoms with Gasteiger partial charge in [-0.15, -0.1) is 0 Å². The van der Waals surface area contributed by atoms with Gasteiger partial charge in [0.1, 0.15) is 12.1 Å². The van der Waals surface area contributed by atoms with Gasteiger partial charge >= 0.3 is 12.1 Å². The van der Waals surface area contributed by atoms with E-state index in [1.54, 1.807) is 18.2 Å². The van der Waals surface area contributed by atoms with Gasteiger partial charge in [-0.2, -0.15) is 8.78 Å². The number of carbonyl (C=O) groups excluding carboxylic acids is 2. The number of hydrogen-bond donors (Lipinski definition) is 1. The van der Waals surface area contributed by atoms with Crippen LogP contribution in [-0.2, 0) is 22.4 Å². The molecule has 2 aliphatic rings. The summed E-state index contributed by atoms with van der Waals surface area (Å²) < 4.78 is 80.4. The quantitative estimate of drug-likeness (QED) is 0.0934. The Morgan fingerprint density at radius 1 is 0.738 bits per heavy atom. The van der Waals surface area contributed by atoms with E-state index in [9.17, 15) is 31.5 Å². The van der Waals surface area contributed by atoms with Gasteiger partial charge in [-0.3, -0.25) is 0 Å². The summed E-state index contributed by atoms with van der Waals surface area (Å²) in [5.74, 6) is -14.9. The molecule has 0 saturated carbocycles. The van der Waals surface area contributed by atoms with Crippen molar-refractivity contribution in [3.05, 3.63) is 124 Å². The van der Waals surface area contributed by atoms with Crippen LogP contribution in [-0.4, -0.2) is 24.2 Å². The highest BCUT2D eigenvalue weighted by atomic mass is 19.2. The molecule has 5 nitrogen and oxygen atoms in total. The molecule has 0 aromatic heterocycles. The lowest BCUT2D eigenvalue weighted by molar-refractivity contribution is -0.142. The number of nitrogens with one attached hydrogen (secondary N) is 1. The summed E-state index contributed by atoms with van der Waals surface area (Å²) in [7, 11) is 0. The Morgan fingerprint density at radius 2 is 1.26 bits per heavy atom. The molecule has 1 unspecified atom stereocenters. The molecule has 0 spiro atoms. The zero-order chi connectivity index (χ0) is 29.6. The monoisotopic (exact) mass is 579 g/mol. The van der Waals surface area contributed by atoms with Gasteiger partial charge in [-0.25, -0.2) is 22.8 Å². The molecule has 4 aromatic rings. The number of ether oxygens (including phenoxy) is 2. The minimum absolute atomic E-state index is 0.0809. The van der Waals surface area contributed by atoms with Crippen LogP contribution in [0.1, 0.15) is 34.6 Å². The van der Waals surface area contributed by atoms with E-state index < -0.39 is 52.4 Å². The highest BCUT2D eigenvalue weighted by Gasteiger charge is 2.46. The van der Waals surface area contributed by atoms with E-state index in [1.165, 1.54) is 0 Å². The highest BCUT2D eigenvalue weighted by Crippen LogP contribution is 2.44. The minimum atomic E-state index is -2.39. The third-order valence-electron chi connectivity index (χ3n) is 7.87. The van der Waals surface area contributed by atoms with Gasteiger partial charge in [0.2, 0.25) is 34.8 Å². The van der Waals surface area contributed by atoms with Crippen LogP contribution >= 0.6 is 0 Å². The van der Waals surface area contributed by atoms with Crippen LogP contribution in [0.3, 0.4) is 0 Å². The van der Waals surface area contributed by atoms with Crippen LogP contribution in [0.5, 0.6) is 5.75 Å². The zero-order valence-electron chi connectivity index (χ0n) is 21.9. The smallest absolute Gasteiger partial charge is 0.408 e. The van der Waals surface area contributed by atoms with E-state index in [0.29, 0.717) is 5.56 Å². The third kappa shape index (κ3) is 4.56. The van der Waals surface area contributed by atoms with E-state index in [4.69, 9.17) is 9.47 Å². The summed E-state index contributed by atoms with van der Waals surface area (Å²) in [5, 5.41) is 2.50. The Kier molecular flexibility index (Phi) is 6.92. The predicted molar refractivity (Wildman–Crippen MR) is 141 cm³/mol. The van der Waals surface area contributed by atoms with Gasteiger partial charge in [-0.1, -0.05) is 72.8 Å². The molecule has 2 aliphatic carbocycles. The Labute approximate surface area is 236 Å². The van der Waals surface area contributed by atoms with Gasteiger partial charge in [-0.05, 0) is 46.2 Å². The number of alkyl carbamates (subject to hydrolysis) is 1. The lowest BCUT2D eigenvalue weighted by Gasteiger charge is -2.36. The van der Waals surface area contributed by atoms with Gasteiger partial charge in [0, 0.05) is 12.3 Å². The van der Waals surface area contributed by atoms with Crippen molar-refractivity contribution >= 4 is 12.1 Å². The largest absolute Gasteiger partial charge is 0.449 e. The maximum absolute atomic E-state index is 14.4. The van der Waals surface area contributed by atoms with Crippen LogP contribution in [0.25, 0.3) is 11.1 Å². The van der Waals surface area contributed by atoms with E-state index in [-0.39, 0.29) is 31.8 Å². The third-order valence-corrected chi connectivity index (χ3v) is 7.87. The van der Waals surface area contributed by atoms with Crippen LogP contribution in [0.4, 0.5) is 26.7 Å². The van der Waals surface area contributed by atoms with Crippen LogP contribution in [0.15, 0.2) is 72.8 Å². The molecule has 4 aromatic carbocycles. The first-order valence-corrected chi connectivity index (χ1v) is 13.1. The van der Waals surface area contributed by atoms with Gasteiger partial charge in [0.15, 0.2) is 0 Å². The summed E-state index contributed by atoms with van der Waals surface area (Å²) in [6.45, 7) is -0.0841. The standard InChI is InChI=1S/C32H22F5NO4/c33-24-25(34)27(36)29(28(37)26(24)35)42-30(39)32(14-13-17-7-1-2-8-18(17)15-32)38-31(40)41-16-23-21-11-5-3-9-19(21)20-10-4-6-12-22(20)23/h1-12,23H,13-16H2,(H,38,40). The molecule has 0 bridgehead atoms. The molecule has 0 fully saturated rings. The molecule has 214 valence electrons. The fourth-order valence-electron chi connectivity index (χ4n) is 5.76. The summed E-state index contributed by atoms with van der Waals surface area (Å²) in [5.41, 5.74) is 3.51. The topological polar surface area (TPSA) is 64.6 Å². The van der Waals surface area contributed by atoms with Gasteiger partial charge < -0.3 is 14.8 Å². The lowest BCUT2D eigenvalue weighted by Crippen LogP contribution is -2.59. The molecule has 42 heavy (non-hydrogen) atoms. The molecular formula is C32H22F5NO4. The van der Waals surface area contributed by atoms with Crippen molar-refractivity contribution in [2.24, 2.45) is 0 Å². The van der Waals surface area contributed by atoms with Crippen molar-refractivity contribution in [1.82, 2.24) is 5.32 Å². The number of hydrogen-bond acceptors (Lipinski definition) is 4. The predicted octanol–water partition coefficient (Wildman–Crippen LogP) is 6.75. The maximum Gasteiger partial charge on any atom is 0.408 e. The van der Waals surface area contributed by atoms with E-state index >= 15 is 0 Å². The number of fused-ring (bicyclic) bond motifs is 4. The second kappa shape index (κ2) is 10.6. The molecule has 1 atom stereocenters. The Bertz CT molecular complexity index is 1670. The highest BCUT2D eigenvalue weighted by molar-refractivity contribution is 5.88. The first-order valence-electron chi connectivity index (χ1n) is 13.1. The van der Waals surface area contributed by atoms with Crippen molar-refractivity contribution in [2.75, 3.05) is 6.61 Å². The van der Waals surface area contributed by atoms with Crippen molar-refractivity contribution < 1.29 is 41.0 Å². The van der Waals surface area contributed by atoms with Crippen LogP contribution < -0.4 is 10.1 Å². The number of aryl methyl sites for hydroxylation is 1. The van der Waals surface area contributed by atoms with E-state index in [0.717, 1.165) is 27.8 Å². The number of esters is 1. The number of benzene rings is 4. The van der Waals surface area contributed by atoms with Crippen molar-refractivity contribution in [1.29, 1.82) is 0 Å². The molecule has 6 rings (SSSR count). The number of rotatable bonds is 5. The molecule has 0 saturated heterocycles. The Morgan fingerprint density at radius 3 is 1.88 bits per heavy atom. The second-order valence-electron chi connectivity index (χ2n) is 10.3. The minimum Gasteiger partial charge on any atom is -0.449 e. The normalized spacial score (nSPS) is 17.2. The van der Waals surface area contributed by atoms with Crippen LogP contribution in [0.2, 0.25) is 0 Å². The van der Waals surface area contributed by atoms with Gasteiger partial charge in [0.05, 0.1) is 0 Å². The summed E-state index contributed by atoms with van der Waals surface area (Å²) in [4.78, 5) is 26.7. The second-order valence-corrected chi connectivity index (χ2v) is 10.3. The maximum atomic E-state index is 14.4. The van der Waals surface area contributed by atoms with Crippen molar-refractivity contribution in [2.45, 2.75) is 30.7 Å². The Hall–Kier alpha value is -4.73. The average Bonchev–Trinajstić information content (AvgIpc) is 3.33. The lowest BCUT2D eigenvalue weighted by atomic mass is 9.78. The number of halogens is 5. The summed E-state index contributed by atoms with van der Waals surface area (Å²) in [6.07, 6.45) is -0.999. The van der Waals surface area contributed by atoms with Gasteiger partial charge in [0.25, 0.3) is 0 Å². The van der Waals surface area contributed by atoms with E-state index in [2.05, 4.69) is 5.32 Å². The molecular weight excluding hydrogens is 557 g/mol. The molecule has 10 heteroatoms. The number of carbonyl (C=O) groups is 2.